The van der Waals surface area contributed by atoms with Crippen LogP contribution in [-0.2, 0) is 21.4 Å². The average molecular weight is 470 g/mol. The summed E-state index contributed by atoms with van der Waals surface area (Å²) < 4.78 is 12.0. The smallest absolute Gasteiger partial charge is 0.235 e. The van der Waals surface area contributed by atoms with Crippen molar-refractivity contribution in [2.45, 2.75) is 56.5 Å². The lowest BCUT2D eigenvalue weighted by molar-refractivity contribution is -0.126. The summed E-state index contributed by atoms with van der Waals surface area (Å²) in [4.78, 5) is 14.3. The number of benzene rings is 3. The van der Waals surface area contributed by atoms with E-state index in [1.165, 1.54) is 18.4 Å². The number of carbonyl (C=O) groups excluding carboxylic acids is 1. The number of nitrogens with one attached hydrogen (secondary N) is 1. The number of ether oxygens (including phenoxy) is 2. The quantitative estimate of drug-likeness (QED) is 0.414. The first-order chi connectivity index (χ1) is 17.2. The molecule has 182 valence electrons. The molecule has 1 amide bonds. The zero-order valence-electron chi connectivity index (χ0n) is 20.5. The Hall–Kier alpha value is -3.11. The summed E-state index contributed by atoms with van der Waals surface area (Å²) in [6, 6.07) is 26.6. The Bertz CT molecular complexity index is 1100. The van der Waals surface area contributed by atoms with Gasteiger partial charge in [0, 0.05) is 30.7 Å². The minimum Gasteiger partial charge on any atom is -0.457 e. The van der Waals surface area contributed by atoms with E-state index in [1.807, 2.05) is 42.5 Å². The van der Waals surface area contributed by atoms with Crippen molar-refractivity contribution < 1.29 is 14.3 Å². The molecule has 1 heterocycles. The number of hydrogen-bond acceptors (Lipinski definition) is 3. The summed E-state index contributed by atoms with van der Waals surface area (Å²) in [5.74, 6) is 1.96. The van der Waals surface area contributed by atoms with E-state index < -0.39 is 5.41 Å². The number of fused-ring (bicyclic) bond motifs is 2. The van der Waals surface area contributed by atoms with E-state index in [1.54, 1.807) is 7.11 Å². The molecule has 0 radical (unpaired) electrons. The van der Waals surface area contributed by atoms with Gasteiger partial charge in [0.15, 0.2) is 0 Å². The molecule has 1 fully saturated rings. The zero-order valence-corrected chi connectivity index (χ0v) is 20.5. The van der Waals surface area contributed by atoms with Gasteiger partial charge in [-0.2, -0.15) is 0 Å². The summed E-state index contributed by atoms with van der Waals surface area (Å²) in [7, 11) is 1.79. The average Bonchev–Trinajstić information content (AvgIpc) is 2.92. The maximum absolute atomic E-state index is 14.3. The summed E-state index contributed by atoms with van der Waals surface area (Å²) in [6.07, 6.45) is 7.30. The first-order valence-corrected chi connectivity index (χ1v) is 12.9. The fraction of sp³-hybridized carbons (Fsp3) is 0.387. The van der Waals surface area contributed by atoms with E-state index in [0.717, 1.165) is 48.3 Å². The van der Waals surface area contributed by atoms with E-state index in [-0.39, 0.29) is 12.0 Å². The fourth-order valence-corrected chi connectivity index (χ4v) is 6.00. The van der Waals surface area contributed by atoms with Crippen molar-refractivity contribution in [3.05, 3.63) is 95.6 Å². The van der Waals surface area contributed by atoms with E-state index in [9.17, 15) is 4.79 Å². The van der Waals surface area contributed by atoms with Crippen molar-refractivity contribution in [2.24, 2.45) is 5.92 Å². The van der Waals surface area contributed by atoms with Gasteiger partial charge >= 0.3 is 0 Å². The topological polar surface area (TPSA) is 47.6 Å². The van der Waals surface area contributed by atoms with Crippen LogP contribution in [0.15, 0.2) is 78.9 Å². The lowest BCUT2D eigenvalue weighted by Crippen LogP contribution is -2.49. The molecule has 3 aromatic rings. The SMILES string of the molecule is COC1CCCCC1CNC(=O)C1(CCCc2ccccc2)c2ccccc2Oc2ccccc21. The summed E-state index contributed by atoms with van der Waals surface area (Å²) in [5, 5.41) is 3.38. The summed E-state index contributed by atoms with van der Waals surface area (Å²) >= 11 is 0. The molecule has 0 aromatic heterocycles. The molecule has 5 rings (SSSR count). The van der Waals surface area contributed by atoms with E-state index in [0.29, 0.717) is 18.9 Å². The predicted molar refractivity (Wildman–Crippen MR) is 139 cm³/mol. The van der Waals surface area contributed by atoms with Gasteiger partial charge in [0.2, 0.25) is 5.91 Å². The molecule has 0 spiro atoms. The second-order valence-electron chi connectivity index (χ2n) is 9.87. The number of aryl methyl sites for hydroxylation is 1. The first kappa shape index (κ1) is 23.6. The van der Waals surface area contributed by atoms with Crippen LogP contribution in [0.25, 0.3) is 0 Å². The van der Waals surface area contributed by atoms with Crippen LogP contribution in [0.5, 0.6) is 11.5 Å². The van der Waals surface area contributed by atoms with Crippen molar-refractivity contribution in [1.82, 2.24) is 5.32 Å². The second kappa shape index (κ2) is 10.7. The fourth-order valence-electron chi connectivity index (χ4n) is 6.00. The lowest BCUT2D eigenvalue weighted by atomic mass is 9.68. The Morgan fingerprint density at radius 3 is 2.23 bits per heavy atom. The second-order valence-corrected chi connectivity index (χ2v) is 9.87. The van der Waals surface area contributed by atoms with Crippen LogP contribution in [0, 0.1) is 5.92 Å². The summed E-state index contributed by atoms with van der Waals surface area (Å²) in [6.45, 7) is 0.642. The van der Waals surface area contributed by atoms with Crippen molar-refractivity contribution in [3.63, 3.8) is 0 Å². The Labute approximate surface area is 208 Å². The van der Waals surface area contributed by atoms with Crippen LogP contribution in [0.2, 0.25) is 0 Å². The molecule has 3 aromatic carbocycles. The molecule has 2 atom stereocenters. The standard InChI is InChI=1S/C31H35NO3/c1-34-27-18-8-5-15-24(27)22-32-30(33)31(21-11-14-23-12-3-2-4-13-23)25-16-6-9-19-28(25)35-29-20-10-7-17-26(29)31/h2-4,6-7,9-10,12-13,16-17,19-20,24,27H,5,8,11,14-15,18,21-22H2,1H3,(H,32,33). The Balaban J connectivity index is 1.48. The van der Waals surface area contributed by atoms with Gasteiger partial charge < -0.3 is 14.8 Å². The van der Waals surface area contributed by atoms with Gasteiger partial charge in [-0.1, -0.05) is 79.6 Å². The van der Waals surface area contributed by atoms with E-state index in [2.05, 4.69) is 41.7 Å². The van der Waals surface area contributed by atoms with Crippen LogP contribution in [-0.4, -0.2) is 25.7 Å². The van der Waals surface area contributed by atoms with Gasteiger partial charge in [0.05, 0.1) is 6.10 Å². The van der Waals surface area contributed by atoms with Gasteiger partial charge in [0.1, 0.15) is 16.9 Å². The highest BCUT2D eigenvalue weighted by Crippen LogP contribution is 2.50. The molecule has 1 saturated carbocycles. The molecule has 4 nitrogen and oxygen atoms in total. The third kappa shape index (κ3) is 4.72. The molecule has 1 aliphatic carbocycles. The minimum absolute atomic E-state index is 0.0641. The highest BCUT2D eigenvalue weighted by atomic mass is 16.5. The highest BCUT2D eigenvalue weighted by molar-refractivity contribution is 5.94. The molecule has 4 heteroatoms. The molecule has 2 unspecified atom stereocenters. The zero-order chi connectivity index (χ0) is 24.1. The monoisotopic (exact) mass is 469 g/mol. The van der Waals surface area contributed by atoms with Crippen LogP contribution in [0.3, 0.4) is 0 Å². The van der Waals surface area contributed by atoms with E-state index in [4.69, 9.17) is 9.47 Å². The predicted octanol–water partition coefficient (Wildman–Crippen LogP) is 6.42. The minimum atomic E-state index is -0.794. The molecular formula is C31H35NO3. The number of methoxy groups -OCH3 is 1. The molecular weight excluding hydrogens is 434 g/mol. The Morgan fingerprint density at radius 2 is 1.54 bits per heavy atom. The van der Waals surface area contributed by atoms with Crippen molar-refractivity contribution in [1.29, 1.82) is 0 Å². The van der Waals surface area contributed by atoms with Crippen molar-refractivity contribution in [2.75, 3.05) is 13.7 Å². The third-order valence-corrected chi connectivity index (χ3v) is 7.83. The Kier molecular flexibility index (Phi) is 7.19. The van der Waals surface area contributed by atoms with Crippen LogP contribution < -0.4 is 10.1 Å². The van der Waals surface area contributed by atoms with Crippen molar-refractivity contribution >= 4 is 5.91 Å². The highest BCUT2D eigenvalue weighted by Gasteiger charge is 2.48. The van der Waals surface area contributed by atoms with Gasteiger partial charge in [-0.05, 0) is 49.8 Å². The molecule has 0 saturated heterocycles. The van der Waals surface area contributed by atoms with Gasteiger partial charge in [-0.25, -0.2) is 0 Å². The van der Waals surface area contributed by atoms with E-state index >= 15 is 0 Å². The normalized spacial score (nSPS) is 20.3. The molecule has 2 aliphatic rings. The maximum Gasteiger partial charge on any atom is 0.235 e. The van der Waals surface area contributed by atoms with Gasteiger partial charge in [-0.15, -0.1) is 0 Å². The molecule has 1 N–H and O–H groups in total. The lowest BCUT2D eigenvalue weighted by Gasteiger charge is -2.40. The number of hydrogen-bond donors (Lipinski definition) is 1. The Morgan fingerprint density at radius 1 is 0.914 bits per heavy atom. The number of rotatable bonds is 8. The summed E-state index contributed by atoms with van der Waals surface area (Å²) in [5.41, 5.74) is 2.41. The third-order valence-electron chi connectivity index (χ3n) is 7.83. The maximum atomic E-state index is 14.3. The van der Waals surface area contributed by atoms with Gasteiger partial charge in [0.25, 0.3) is 0 Å². The molecule has 1 aliphatic heterocycles. The van der Waals surface area contributed by atoms with Crippen molar-refractivity contribution in [3.8, 4) is 11.5 Å². The number of para-hydroxylation sites is 2. The van der Waals surface area contributed by atoms with Crippen LogP contribution >= 0.6 is 0 Å². The van der Waals surface area contributed by atoms with Crippen LogP contribution in [0.4, 0.5) is 0 Å². The molecule has 0 bridgehead atoms. The van der Waals surface area contributed by atoms with Crippen LogP contribution in [0.1, 0.15) is 55.2 Å². The first-order valence-electron chi connectivity index (χ1n) is 12.9. The number of amides is 1. The largest absolute Gasteiger partial charge is 0.457 e. The van der Waals surface area contributed by atoms with Gasteiger partial charge in [-0.3, -0.25) is 4.79 Å². The number of carbonyl (C=O) groups is 1. The molecule has 35 heavy (non-hydrogen) atoms.